The summed E-state index contributed by atoms with van der Waals surface area (Å²) >= 11 is 0. The molecule has 1 saturated carbocycles. The summed E-state index contributed by atoms with van der Waals surface area (Å²) in [5, 5.41) is 27.1. The highest BCUT2D eigenvalue weighted by Crippen LogP contribution is 2.21. The first kappa shape index (κ1) is 8.64. The van der Waals surface area contributed by atoms with Crippen molar-refractivity contribution in [2.45, 2.75) is 31.7 Å². The number of Topliss-reactive ketones (excluding diaryl/α,β-unsaturated/α-hetero) is 1. The van der Waals surface area contributed by atoms with Crippen molar-refractivity contribution in [2.75, 3.05) is 0 Å². The molecule has 0 saturated heterocycles. The largest absolute Gasteiger partial charge is 0.390 e. The van der Waals surface area contributed by atoms with Crippen LogP contribution in [-0.2, 0) is 4.79 Å². The molecule has 0 bridgehead atoms. The van der Waals surface area contributed by atoms with Crippen molar-refractivity contribution in [3.8, 4) is 0 Å². The van der Waals surface area contributed by atoms with Crippen molar-refractivity contribution < 1.29 is 20.1 Å². The molecule has 0 unspecified atom stereocenters. The Morgan fingerprint density at radius 2 is 1.91 bits per heavy atom. The molecule has 1 aliphatic carbocycles. The smallest absolute Gasteiger partial charge is 0.166 e. The van der Waals surface area contributed by atoms with Gasteiger partial charge in [0.05, 0.1) is 6.10 Å². The van der Waals surface area contributed by atoms with Gasteiger partial charge in [-0.15, -0.1) is 0 Å². The molecule has 11 heavy (non-hydrogen) atoms. The molecule has 4 nitrogen and oxygen atoms in total. The molecular formula is C7H12O4. The number of hydrogen-bond donors (Lipinski definition) is 3. The van der Waals surface area contributed by atoms with Gasteiger partial charge in [-0.2, -0.15) is 0 Å². The number of carbonyl (C=O) groups is 1. The maximum Gasteiger partial charge on any atom is 0.166 e. The van der Waals surface area contributed by atoms with Crippen molar-refractivity contribution in [1.82, 2.24) is 0 Å². The fraction of sp³-hybridized carbons (Fsp3) is 0.857. The van der Waals surface area contributed by atoms with Gasteiger partial charge in [-0.25, -0.2) is 0 Å². The van der Waals surface area contributed by atoms with Gasteiger partial charge in [-0.05, 0) is 6.42 Å². The molecule has 0 amide bonds. The molecule has 0 aromatic rings. The van der Waals surface area contributed by atoms with Gasteiger partial charge in [0.15, 0.2) is 5.78 Å². The molecule has 0 radical (unpaired) electrons. The SMILES string of the molecule is C[C@H]1C[C@@H](O)[C@@H](O)[C@@H](O)C1=O. The van der Waals surface area contributed by atoms with Gasteiger partial charge < -0.3 is 15.3 Å². The fourth-order valence-electron chi connectivity index (χ4n) is 1.29. The third kappa shape index (κ3) is 1.42. The highest BCUT2D eigenvalue weighted by molar-refractivity contribution is 5.86. The Morgan fingerprint density at radius 1 is 1.36 bits per heavy atom. The Balaban J connectivity index is 2.70. The van der Waals surface area contributed by atoms with Crippen LogP contribution in [0.2, 0.25) is 0 Å². The van der Waals surface area contributed by atoms with Crippen molar-refractivity contribution in [3.63, 3.8) is 0 Å². The standard InChI is InChI=1S/C7H12O4/c1-3-2-4(8)6(10)7(11)5(3)9/h3-4,6-8,10-11H,2H2,1H3/t3-,4+,6+,7-/m0/s1. The van der Waals surface area contributed by atoms with Crippen LogP contribution in [-0.4, -0.2) is 39.4 Å². The number of rotatable bonds is 0. The average molecular weight is 160 g/mol. The summed E-state index contributed by atoms with van der Waals surface area (Å²) in [7, 11) is 0. The molecule has 1 fully saturated rings. The monoisotopic (exact) mass is 160 g/mol. The fourth-order valence-corrected chi connectivity index (χ4v) is 1.29. The minimum absolute atomic E-state index is 0.233. The Hall–Kier alpha value is -0.450. The maximum absolute atomic E-state index is 11.0. The van der Waals surface area contributed by atoms with Crippen LogP contribution in [0.3, 0.4) is 0 Å². The Morgan fingerprint density at radius 3 is 2.45 bits per heavy atom. The van der Waals surface area contributed by atoms with Crippen LogP contribution in [0.25, 0.3) is 0 Å². The molecule has 0 heterocycles. The molecular weight excluding hydrogens is 148 g/mol. The van der Waals surface area contributed by atoms with E-state index in [0.717, 1.165) is 0 Å². The predicted octanol–water partition coefficient (Wildman–Crippen LogP) is -1.32. The zero-order valence-corrected chi connectivity index (χ0v) is 6.27. The molecule has 4 heteroatoms. The summed E-state index contributed by atoms with van der Waals surface area (Å²) in [5.74, 6) is -0.744. The van der Waals surface area contributed by atoms with Gasteiger partial charge in [-0.1, -0.05) is 6.92 Å². The van der Waals surface area contributed by atoms with E-state index >= 15 is 0 Å². The third-order valence-electron chi connectivity index (χ3n) is 2.09. The topological polar surface area (TPSA) is 77.8 Å². The van der Waals surface area contributed by atoms with Gasteiger partial charge in [0.2, 0.25) is 0 Å². The Labute approximate surface area is 64.5 Å². The predicted molar refractivity (Wildman–Crippen MR) is 36.8 cm³/mol. The van der Waals surface area contributed by atoms with E-state index in [2.05, 4.69) is 0 Å². The number of aliphatic hydroxyl groups excluding tert-OH is 3. The van der Waals surface area contributed by atoms with E-state index in [1.165, 1.54) is 0 Å². The van der Waals surface area contributed by atoms with Crippen LogP contribution in [0.5, 0.6) is 0 Å². The van der Waals surface area contributed by atoms with Crippen molar-refractivity contribution in [1.29, 1.82) is 0 Å². The van der Waals surface area contributed by atoms with Gasteiger partial charge in [-0.3, -0.25) is 4.79 Å². The molecule has 3 N–H and O–H groups in total. The lowest BCUT2D eigenvalue weighted by molar-refractivity contribution is -0.152. The first-order valence-corrected chi connectivity index (χ1v) is 3.62. The van der Waals surface area contributed by atoms with E-state index in [0.29, 0.717) is 0 Å². The van der Waals surface area contributed by atoms with Gasteiger partial charge in [0.25, 0.3) is 0 Å². The average Bonchev–Trinajstić information content (AvgIpc) is 1.97. The van der Waals surface area contributed by atoms with E-state index in [1.54, 1.807) is 6.92 Å². The molecule has 0 aromatic heterocycles. The highest BCUT2D eigenvalue weighted by atomic mass is 16.4. The molecule has 0 aliphatic heterocycles. The van der Waals surface area contributed by atoms with E-state index in [4.69, 9.17) is 15.3 Å². The lowest BCUT2D eigenvalue weighted by Crippen LogP contribution is -2.50. The van der Waals surface area contributed by atoms with Crippen LogP contribution in [0.15, 0.2) is 0 Å². The van der Waals surface area contributed by atoms with Crippen LogP contribution in [0.1, 0.15) is 13.3 Å². The number of hydrogen-bond acceptors (Lipinski definition) is 4. The quantitative estimate of drug-likeness (QED) is 0.410. The molecule has 4 atom stereocenters. The Kier molecular flexibility index (Phi) is 2.27. The second-order valence-corrected chi connectivity index (χ2v) is 3.04. The molecule has 1 rings (SSSR count). The summed E-state index contributed by atoms with van der Waals surface area (Å²) in [6, 6.07) is 0. The van der Waals surface area contributed by atoms with Gasteiger partial charge in [0, 0.05) is 5.92 Å². The van der Waals surface area contributed by atoms with E-state index < -0.39 is 18.3 Å². The number of aliphatic hydroxyl groups is 3. The van der Waals surface area contributed by atoms with E-state index in [1.807, 2.05) is 0 Å². The summed E-state index contributed by atoms with van der Waals surface area (Å²) in [5.41, 5.74) is 0. The summed E-state index contributed by atoms with van der Waals surface area (Å²) in [4.78, 5) is 11.0. The van der Waals surface area contributed by atoms with E-state index in [9.17, 15) is 4.79 Å². The van der Waals surface area contributed by atoms with Crippen LogP contribution >= 0.6 is 0 Å². The van der Waals surface area contributed by atoms with Crippen molar-refractivity contribution in [2.24, 2.45) is 5.92 Å². The lowest BCUT2D eigenvalue weighted by atomic mass is 9.83. The zero-order valence-electron chi connectivity index (χ0n) is 6.27. The second kappa shape index (κ2) is 2.89. The zero-order chi connectivity index (χ0) is 8.59. The number of carbonyl (C=O) groups excluding carboxylic acids is 1. The molecule has 64 valence electrons. The lowest BCUT2D eigenvalue weighted by Gasteiger charge is -2.30. The third-order valence-corrected chi connectivity index (χ3v) is 2.09. The summed E-state index contributed by atoms with van der Waals surface area (Å²) in [6.45, 7) is 1.63. The first-order valence-electron chi connectivity index (χ1n) is 3.62. The Bertz CT molecular complexity index is 168. The maximum atomic E-state index is 11.0. The van der Waals surface area contributed by atoms with Crippen molar-refractivity contribution >= 4 is 5.78 Å². The first-order chi connectivity index (χ1) is 5.04. The van der Waals surface area contributed by atoms with Crippen molar-refractivity contribution in [3.05, 3.63) is 0 Å². The van der Waals surface area contributed by atoms with Crippen LogP contribution < -0.4 is 0 Å². The minimum Gasteiger partial charge on any atom is -0.390 e. The molecule has 0 aromatic carbocycles. The minimum atomic E-state index is -1.41. The second-order valence-electron chi connectivity index (χ2n) is 3.04. The summed E-state index contributed by atoms with van der Waals surface area (Å²) in [6.07, 6.45) is -3.46. The van der Waals surface area contributed by atoms with Crippen LogP contribution in [0, 0.1) is 5.92 Å². The van der Waals surface area contributed by atoms with Gasteiger partial charge >= 0.3 is 0 Å². The highest BCUT2D eigenvalue weighted by Gasteiger charge is 2.39. The normalized spacial score (nSPS) is 46.0. The number of ketones is 1. The molecule has 0 spiro atoms. The van der Waals surface area contributed by atoms with Gasteiger partial charge in [0.1, 0.15) is 12.2 Å². The summed E-state index contributed by atoms with van der Waals surface area (Å²) < 4.78 is 0. The molecule has 1 aliphatic rings. The van der Waals surface area contributed by atoms with E-state index in [-0.39, 0.29) is 18.1 Å². The van der Waals surface area contributed by atoms with Crippen LogP contribution in [0.4, 0.5) is 0 Å².